The number of imidazole rings is 1. The second-order valence-electron chi connectivity index (χ2n) is 10.4. The molecule has 204 valence electrons. The Bertz CT molecular complexity index is 1540. The number of benzene rings is 3. The number of nitrogens with zero attached hydrogens (tertiary/aromatic N) is 3. The van der Waals surface area contributed by atoms with E-state index in [-0.39, 0.29) is 5.97 Å². The lowest BCUT2D eigenvalue weighted by Crippen LogP contribution is -2.08. The number of pyridine rings is 1. The molecule has 0 radical (unpaired) electrons. The summed E-state index contributed by atoms with van der Waals surface area (Å²) in [6, 6.07) is 31.5. The normalized spacial score (nSPS) is 11.2. The number of ether oxygens (including phenoxy) is 1. The first-order valence-corrected chi connectivity index (χ1v) is 14.3. The number of carbonyl (C=O) groups excluding carboxylic acids is 1. The molecule has 5 rings (SSSR count). The molecule has 0 saturated carbocycles. The van der Waals surface area contributed by atoms with E-state index in [1.54, 1.807) is 0 Å². The van der Waals surface area contributed by atoms with Gasteiger partial charge in [0, 0.05) is 30.6 Å². The number of aromatic nitrogens is 3. The molecule has 0 aliphatic heterocycles. The van der Waals surface area contributed by atoms with Crippen LogP contribution >= 0.6 is 0 Å². The highest BCUT2D eigenvalue weighted by Gasteiger charge is 2.15. The van der Waals surface area contributed by atoms with Crippen molar-refractivity contribution in [2.75, 3.05) is 6.61 Å². The van der Waals surface area contributed by atoms with Gasteiger partial charge < -0.3 is 4.74 Å². The topological polar surface area (TPSA) is 57.0 Å². The number of rotatable bonds is 12. The number of aryl methyl sites for hydroxylation is 5. The maximum Gasteiger partial charge on any atom is 0.305 e. The van der Waals surface area contributed by atoms with E-state index in [1.165, 1.54) is 11.1 Å². The lowest BCUT2D eigenvalue weighted by atomic mass is 10.1. The molecule has 40 heavy (non-hydrogen) atoms. The number of hydrogen-bond donors (Lipinski definition) is 0. The zero-order valence-corrected chi connectivity index (χ0v) is 23.5. The third-order valence-corrected chi connectivity index (χ3v) is 7.26. The third-order valence-electron chi connectivity index (χ3n) is 7.26. The molecule has 3 aromatic carbocycles. The Morgan fingerprint density at radius 3 is 2.02 bits per heavy atom. The molecule has 0 atom stereocenters. The van der Waals surface area contributed by atoms with Crippen molar-refractivity contribution in [3.05, 3.63) is 125 Å². The van der Waals surface area contributed by atoms with Gasteiger partial charge in [0.25, 0.3) is 0 Å². The van der Waals surface area contributed by atoms with Gasteiger partial charge in [0.1, 0.15) is 11.3 Å². The van der Waals surface area contributed by atoms with Crippen LogP contribution in [0.5, 0.6) is 0 Å². The standard InChI is InChI=1S/C35H37N3O2/c1-26-25-32-35(27(2)36-26)37-33(17-9-15-28-11-5-3-6-12-28)38(32)31-21-19-30(20-22-31)23-24-40-34(39)18-10-16-29-13-7-4-8-14-29/h3-8,11-14,19-22,25H,9-10,15-18,23-24H2,1-2H3. The van der Waals surface area contributed by atoms with Crippen LogP contribution in [0.15, 0.2) is 91.0 Å². The third kappa shape index (κ3) is 7.03. The van der Waals surface area contributed by atoms with Crippen molar-refractivity contribution < 1.29 is 9.53 Å². The molecule has 0 N–H and O–H groups in total. The first-order chi connectivity index (χ1) is 19.6. The molecule has 0 saturated heterocycles. The van der Waals surface area contributed by atoms with Crippen molar-refractivity contribution in [3.63, 3.8) is 0 Å². The molecule has 0 aliphatic rings. The Hall–Kier alpha value is -4.25. The first-order valence-electron chi connectivity index (χ1n) is 14.3. The SMILES string of the molecule is Cc1cc2c(nc(CCCc3ccccc3)n2-c2ccc(CCOC(=O)CCCc3ccccc3)cc2)c(C)n1. The second kappa shape index (κ2) is 13.2. The van der Waals surface area contributed by atoms with Crippen LogP contribution in [0.2, 0.25) is 0 Å². The highest BCUT2D eigenvalue weighted by molar-refractivity contribution is 5.80. The summed E-state index contributed by atoms with van der Waals surface area (Å²) in [5.41, 5.74) is 8.83. The van der Waals surface area contributed by atoms with Crippen molar-refractivity contribution in [1.29, 1.82) is 0 Å². The predicted molar refractivity (Wildman–Crippen MR) is 161 cm³/mol. The zero-order chi connectivity index (χ0) is 27.7. The Balaban J connectivity index is 1.22. The van der Waals surface area contributed by atoms with Crippen molar-refractivity contribution in [1.82, 2.24) is 14.5 Å². The Morgan fingerprint density at radius 2 is 1.35 bits per heavy atom. The van der Waals surface area contributed by atoms with Crippen LogP contribution in [0.1, 0.15) is 53.2 Å². The minimum atomic E-state index is -0.128. The quantitative estimate of drug-likeness (QED) is 0.158. The van der Waals surface area contributed by atoms with Crippen LogP contribution in [0.4, 0.5) is 0 Å². The van der Waals surface area contributed by atoms with E-state index in [4.69, 9.17) is 9.72 Å². The summed E-state index contributed by atoms with van der Waals surface area (Å²) in [5, 5.41) is 0. The number of esters is 1. The fraction of sp³-hybridized carbons (Fsp3) is 0.286. The lowest BCUT2D eigenvalue weighted by Gasteiger charge is -2.11. The van der Waals surface area contributed by atoms with Gasteiger partial charge in [0.2, 0.25) is 0 Å². The summed E-state index contributed by atoms with van der Waals surface area (Å²) in [6.07, 6.45) is 5.76. The van der Waals surface area contributed by atoms with Gasteiger partial charge >= 0.3 is 5.97 Å². The highest BCUT2D eigenvalue weighted by atomic mass is 16.5. The molecule has 5 aromatic rings. The summed E-state index contributed by atoms with van der Waals surface area (Å²) < 4.78 is 7.79. The van der Waals surface area contributed by atoms with Gasteiger partial charge in [-0.3, -0.25) is 14.3 Å². The fourth-order valence-corrected chi connectivity index (χ4v) is 5.23. The summed E-state index contributed by atoms with van der Waals surface area (Å²) in [5.74, 6) is 0.926. The minimum Gasteiger partial charge on any atom is -0.465 e. The van der Waals surface area contributed by atoms with Crippen LogP contribution in [-0.4, -0.2) is 27.1 Å². The first kappa shape index (κ1) is 27.3. The lowest BCUT2D eigenvalue weighted by molar-refractivity contribution is -0.143. The molecule has 5 heteroatoms. The Morgan fingerprint density at radius 1 is 0.725 bits per heavy atom. The van der Waals surface area contributed by atoms with Gasteiger partial charge in [0.15, 0.2) is 0 Å². The summed E-state index contributed by atoms with van der Waals surface area (Å²) in [4.78, 5) is 21.9. The van der Waals surface area contributed by atoms with E-state index >= 15 is 0 Å². The second-order valence-corrected chi connectivity index (χ2v) is 10.4. The molecule has 0 aliphatic carbocycles. The maximum atomic E-state index is 12.2. The highest BCUT2D eigenvalue weighted by Crippen LogP contribution is 2.25. The van der Waals surface area contributed by atoms with Crippen LogP contribution < -0.4 is 0 Å². The molecular formula is C35H37N3O2. The van der Waals surface area contributed by atoms with E-state index in [2.05, 4.69) is 82.3 Å². The number of hydrogen-bond acceptors (Lipinski definition) is 4. The van der Waals surface area contributed by atoms with Crippen LogP contribution in [0, 0.1) is 13.8 Å². The average Bonchev–Trinajstić information content (AvgIpc) is 3.33. The van der Waals surface area contributed by atoms with Crippen molar-refractivity contribution in [2.45, 2.75) is 58.8 Å². The summed E-state index contributed by atoms with van der Waals surface area (Å²) in [6.45, 7) is 4.46. The molecule has 0 fully saturated rings. The molecule has 0 unspecified atom stereocenters. The largest absolute Gasteiger partial charge is 0.465 e. The molecule has 2 heterocycles. The van der Waals surface area contributed by atoms with E-state index in [0.717, 1.165) is 71.6 Å². The van der Waals surface area contributed by atoms with Gasteiger partial charge in [0.05, 0.1) is 17.8 Å². The molecule has 0 bridgehead atoms. The number of fused-ring (bicyclic) bond motifs is 1. The van der Waals surface area contributed by atoms with Gasteiger partial charge in [-0.05, 0) is 74.4 Å². The van der Waals surface area contributed by atoms with Gasteiger partial charge in [-0.2, -0.15) is 0 Å². The van der Waals surface area contributed by atoms with Crippen LogP contribution in [0.3, 0.4) is 0 Å². The average molecular weight is 532 g/mol. The summed E-state index contributed by atoms with van der Waals surface area (Å²) in [7, 11) is 0. The van der Waals surface area contributed by atoms with Crippen LogP contribution in [0.25, 0.3) is 16.7 Å². The molecule has 0 amide bonds. The van der Waals surface area contributed by atoms with Gasteiger partial charge in [-0.15, -0.1) is 0 Å². The van der Waals surface area contributed by atoms with E-state index < -0.39 is 0 Å². The van der Waals surface area contributed by atoms with Crippen molar-refractivity contribution in [3.8, 4) is 5.69 Å². The molecule has 0 spiro atoms. The van der Waals surface area contributed by atoms with E-state index in [0.29, 0.717) is 19.4 Å². The monoisotopic (exact) mass is 531 g/mol. The molecule has 2 aromatic heterocycles. The molecule has 5 nitrogen and oxygen atoms in total. The molecular weight excluding hydrogens is 494 g/mol. The van der Waals surface area contributed by atoms with Gasteiger partial charge in [-0.1, -0.05) is 72.8 Å². The van der Waals surface area contributed by atoms with Gasteiger partial charge in [-0.25, -0.2) is 4.98 Å². The Kier molecular flexibility index (Phi) is 9.02. The Labute approximate surface area is 236 Å². The van der Waals surface area contributed by atoms with E-state index in [9.17, 15) is 4.79 Å². The summed E-state index contributed by atoms with van der Waals surface area (Å²) >= 11 is 0. The zero-order valence-electron chi connectivity index (χ0n) is 23.5. The van der Waals surface area contributed by atoms with Crippen molar-refractivity contribution in [2.24, 2.45) is 0 Å². The van der Waals surface area contributed by atoms with E-state index in [1.807, 2.05) is 32.0 Å². The van der Waals surface area contributed by atoms with Crippen LogP contribution in [-0.2, 0) is 35.2 Å². The minimum absolute atomic E-state index is 0.128. The predicted octanol–water partition coefficient (Wildman–Crippen LogP) is 7.32. The smallest absolute Gasteiger partial charge is 0.305 e. The van der Waals surface area contributed by atoms with Crippen molar-refractivity contribution >= 4 is 17.0 Å². The fourth-order valence-electron chi connectivity index (χ4n) is 5.23. The maximum absolute atomic E-state index is 12.2. The number of carbonyl (C=O) groups is 1.